The first-order valence-electron chi connectivity index (χ1n) is 4.78. The van der Waals surface area contributed by atoms with Crippen LogP contribution in [0, 0.1) is 11.6 Å². The Kier molecular flexibility index (Phi) is 3.29. The molecule has 17 heavy (non-hydrogen) atoms. The zero-order valence-electron chi connectivity index (χ0n) is 8.69. The van der Waals surface area contributed by atoms with Crippen molar-refractivity contribution in [3.63, 3.8) is 0 Å². The first-order valence-corrected chi connectivity index (χ1v) is 4.78. The Morgan fingerprint density at radius 2 is 2.12 bits per heavy atom. The molecule has 2 rings (SSSR count). The lowest BCUT2D eigenvalue weighted by molar-refractivity contribution is 0.283. The molecule has 0 radical (unpaired) electrons. The smallest absolute Gasteiger partial charge is 0.240 e. The molecule has 1 aromatic carbocycles. The van der Waals surface area contributed by atoms with Crippen LogP contribution in [-0.2, 0) is 13.2 Å². The third-order valence-corrected chi connectivity index (χ3v) is 1.94. The second kappa shape index (κ2) is 4.88. The summed E-state index contributed by atoms with van der Waals surface area (Å²) < 4.78 is 35.4. The van der Waals surface area contributed by atoms with Crippen molar-refractivity contribution < 1.29 is 18.0 Å². The Balaban J connectivity index is 1.99. The van der Waals surface area contributed by atoms with Crippen LogP contribution in [0.3, 0.4) is 0 Å². The Morgan fingerprint density at radius 1 is 1.29 bits per heavy atom. The second-order valence-corrected chi connectivity index (χ2v) is 3.17. The summed E-state index contributed by atoms with van der Waals surface area (Å²) in [6.07, 6.45) is 0. The van der Waals surface area contributed by atoms with Crippen molar-refractivity contribution in [2.24, 2.45) is 5.73 Å². The lowest BCUT2D eigenvalue weighted by Gasteiger charge is -2.02. The lowest BCUT2D eigenvalue weighted by atomic mass is 10.3. The van der Waals surface area contributed by atoms with E-state index in [1.807, 2.05) is 0 Å². The molecule has 2 N–H and O–H groups in total. The van der Waals surface area contributed by atoms with Gasteiger partial charge in [-0.15, -0.1) is 0 Å². The van der Waals surface area contributed by atoms with Crippen LogP contribution in [0.5, 0.6) is 5.75 Å². The minimum Gasteiger partial charge on any atom is -0.485 e. The van der Waals surface area contributed by atoms with Crippen molar-refractivity contribution in [1.82, 2.24) is 10.1 Å². The van der Waals surface area contributed by atoms with Gasteiger partial charge in [0.2, 0.25) is 11.7 Å². The Labute approximate surface area is 95.2 Å². The molecular formula is C10H9F2N3O2. The van der Waals surface area contributed by atoms with Gasteiger partial charge >= 0.3 is 0 Å². The zero-order chi connectivity index (χ0) is 12.3. The van der Waals surface area contributed by atoms with Crippen LogP contribution in [0.1, 0.15) is 11.7 Å². The molecule has 0 bridgehead atoms. The number of hydrogen-bond donors (Lipinski definition) is 1. The van der Waals surface area contributed by atoms with Gasteiger partial charge in [-0.2, -0.15) is 4.98 Å². The SMILES string of the molecule is NCc1nc(COc2ccc(F)c(F)c2)no1. The van der Waals surface area contributed by atoms with Gasteiger partial charge in [0.05, 0.1) is 6.54 Å². The van der Waals surface area contributed by atoms with Crippen LogP contribution in [0.25, 0.3) is 0 Å². The van der Waals surface area contributed by atoms with Crippen molar-refractivity contribution in [2.45, 2.75) is 13.2 Å². The Bertz CT molecular complexity index is 516. The normalized spacial score (nSPS) is 10.5. The Hall–Kier alpha value is -2.02. The summed E-state index contributed by atoms with van der Waals surface area (Å²) in [4.78, 5) is 3.89. The van der Waals surface area contributed by atoms with Gasteiger partial charge < -0.3 is 15.0 Å². The summed E-state index contributed by atoms with van der Waals surface area (Å²) in [6.45, 7) is 0.132. The van der Waals surface area contributed by atoms with Crippen molar-refractivity contribution in [3.05, 3.63) is 41.5 Å². The van der Waals surface area contributed by atoms with E-state index in [0.717, 1.165) is 12.1 Å². The fourth-order valence-corrected chi connectivity index (χ4v) is 1.15. The highest BCUT2D eigenvalue weighted by atomic mass is 19.2. The van der Waals surface area contributed by atoms with Crippen LogP contribution in [0.4, 0.5) is 8.78 Å². The number of nitrogens with two attached hydrogens (primary N) is 1. The topological polar surface area (TPSA) is 74.2 Å². The average Bonchev–Trinajstić information content (AvgIpc) is 2.79. The van der Waals surface area contributed by atoms with Gasteiger partial charge in [0.15, 0.2) is 18.2 Å². The highest BCUT2D eigenvalue weighted by Crippen LogP contribution is 2.16. The molecule has 0 atom stereocenters. The molecule has 2 aromatic rings. The summed E-state index contributed by atoms with van der Waals surface area (Å²) in [5.41, 5.74) is 5.28. The minimum atomic E-state index is -0.974. The fraction of sp³-hybridized carbons (Fsp3) is 0.200. The van der Waals surface area contributed by atoms with Crippen LogP contribution in [0.2, 0.25) is 0 Å². The van der Waals surface area contributed by atoms with Gasteiger partial charge in [0, 0.05) is 6.07 Å². The van der Waals surface area contributed by atoms with Gasteiger partial charge in [-0.1, -0.05) is 5.16 Å². The van der Waals surface area contributed by atoms with Crippen molar-refractivity contribution in [3.8, 4) is 5.75 Å². The molecule has 1 aromatic heterocycles. The first-order chi connectivity index (χ1) is 8.19. The zero-order valence-corrected chi connectivity index (χ0v) is 8.69. The van der Waals surface area contributed by atoms with E-state index in [4.69, 9.17) is 15.0 Å². The van der Waals surface area contributed by atoms with E-state index in [1.165, 1.54) is 6.07 Å². The van der Waals surface area contributed by atoms with E-state index >= 15 is 0 Å². The first kappa shape index (κ1) is 11.5. The van der Waals surface area contributed by atoms with E-state index in [0.29, 0.717) is 0 Å². The number of benzene rings is 1. The number of aromatic nitrogens is 2. The molecule has 0 amide bonds. The van der Waals surface area contributed by atoms with E-state index in [9.17, 15) is 8.78 Å². The van der Waals surface area contributed by atoms with E-state index < -0.39 is 11.6 Å². The van der Waals surface area contributed by atoms with Crippen LogP contribution >= 0.6 is 0 Å². The molecule has 5 nitrogen and oxygen atoms in total. The van der Waals surface area contributed by atoms with Crippen molar-refractivity contribution in [1.29, 1.82) is 0 Å². The minimum absolute atomic E-state index is 0.00538. The molecule has 0 unspecified atom stereocenters. The van der Waals surface area contributed by atoms with Crippen LogP contribution in [0.15, 0.2) is 22.7 Å². The third kappa shape index (κ3) is 2.76. The largest absolute Gasteiger partial charge is 0.485 e. The average molecular weight is 241 g/mol. The number of hydrogen-bond acceptors (Lipinski definition) is 5. The molecule has 0 saturated carbocycles. The molecule has 0 spiro atoms. The molecule has 7 heteroatoms. The molecule has 0 aliphatic rings. The standard InChI is InChI=1S/C10H9F2N3O2/c11-7-2-1-6(3-8(7)12)16-5-9-14-10(4-13)17-15-9/h1-3H,4-5,13H2. The van der Waals surface area contributed by atoms with Gasteiger partial charge in [-0.05, 0) is 12.1 Å². The summed E-state index contributed by atoms with van der Waals surface area (Å²) in [5.74, 6) is -1.15. The third-order valence-electron chi connectivity index (χ3n) is 1.94. The summed E-state index contributed by atoms with van der Waals surface area (Å²) in [5, 5.41) is 3.58. The maximum atomic E-state index is 12.8. The number of halogens is 2. The van der Waals surface area contributed by atoms with Gasteiger partial charge in [-0.3, -0.25) is 0 Å². The molecular weight excluding hydrogens is 232 g/mol. The van der Waals surface area contributed by atoms with E-state index in [2.05, 4.69) is 10.1 Å². The maximum absolute atomic E-state index is 12.8. The van der Waals surface area contributed by atoms with Crippen LogP contribution < -0.4 is 10.5 Å². The quantitative estimate of drug-likeness (QED) is 0.875. The Morgan fingerprint density at radius 3 is 2.76 bits per heavy atom. The van der Waals surface area contributed by atoms with Crippen molar-refractivity contribution in [2.75, 3.05) is 0 Å². The molecule has 0 aliphatic heterocycles. The highest BCUT2D eigenvalue weighted by molar-refractivity contribution is 5.23. The lowest BCUT2D eigenvalue weighted by Crippen LogP contribution is -2.00. The fourth-order valence-electron chi connectivity index (χ4n) is 1.15. The molecule has 1 heterocycles. The van der Waals surface area contributed by atoms with Gasteiger partial charge in [-0.25, -0.2) is 8.78 Å². The van der Waals surface area contributed by atoms with Gasteiger partial charge in [0.25, 0.3) is 0 Å². The number of ether oxygens (including phenoxy) is 1. The summed E-state index contributed by atoms with van der Waals surface area (Å²) >= 11 is 0. The molecule has 90 valence electrons. The summed E-state index contributed by atoms with van der Waals surface area (Å²) in [7, 11) is 0. The van der Waals surface area contributed by atoms with Gasteiger partial charge in [0.1, 0.15) is 5.75 Å². The number of rotatable bonds is 4. The summed E-state index contributed by atoms with van der Waals surface area (Å²) in [6, 6.07) is 3.23. The maximum Gasteiger partial charge on any atom is 0.240 e. The van der Waals surface area contributed by atoms with Crippen LogP contribution in [-0.4, -0.2) is 10.1 Å². The second-order valence-electron chi connectivity index (χ2n) is 3.17. The van der Waals surface area contributed by atoms with Crippen molar-refractivity contribution >= 4 is 0 Å². The number of nitrogens with zero attached hydrogens (tertiary/aromatic N) is 2. The monoisotopic (exact) mass is 241 g/mol. The highest BCUT2D eigenvalue weighted by Gasteiger charge is 2.07. The molecule has 0 saturated heterocycles. The molecule has 0 fully saturated rings. The van der Waals surface area contributed by atoms with E-state index in [-0.39, 0.29) is 30.6 Å². The van der Waals surface area contributed by atoms with E-state index in [1.54, 1.807) is 0 Å². The predicted molar refractivity (Wildman–Crippen MR) is 52.9 cm³/mol. The predicted octanol–water partition coefficient (Wildman–Crippen LogP) is 1.39. The molecule has 0 aliphatic carbocycles.